The highest BCUT2D eigenvalue weighted by Crippen LogP contribution is 2.41. The Bertz CT molecular complexity index is 962. The van der Waals surface area contributed by atoms with Gasteiger partial charge in [0.25, 0.3) is 0 Å². The van der Waals surface area contributed by atoms with E-state index >= 15 is 0 Å². The van der Waals surface area contributed by atoms with E-state index in [0.717, 1.165) is 46.0 Å². The maximum atomic E-state index is 12.5. The summed E-state index contributed by atoms with van der Waals surface area (Å²) in [6.45, 7) is 6.58. The van der Waals surface area contributed by atoms with Gasteiger partial charge in [0, 0.05) is 0 Å². The van der Waals surface area contributed by atoms with Crippen molar-refractivity contribution in [3.8, 4) is 11.5 Å². The Hall–Kier alpha value is -1.06. The molecular formula is C23H31IO5S. The summed E-state index contributed by atoms with van der Waals surface area (Å²) in [4.78, 5) is 0. The van der Waals surface area contributed by atoms with Crippen LogP contribution in [0, 0.1) is 9.49 Å². The second-order valence-corrected chi connectivity index (χ2v) is 11.7. The molecule has 0 bridgehead atoms. The molecule has 2 aliphatic rings. The maximum Gasteiger partial charge on any atom is 0.171 e. The number of benzene rings is 1. The van der Waals surface area contributed by atoms with Crippen LogP contribution in [0.1, 0.15) is 52.0 Å². The van der Waals surface area contributed by atoms with E-state index in [1.165, 1.54) is 5.57 Å². The molecule has 0 aliphatic carbocycles. The number of ether oxygens (including phenoxy) is 2. The van der Waals surface area contributed by atoms with Crippen molar-refractivity contribution in [2.75, 3.05) is 19.5 Å². The Balaban J connectivity index is 1.81. The van der Waals surface area contributed by atoms with Gasteiger partial charge in [0.05, 0.1) is 29.1 Å². The lowest BCUT2D eigenvalue weighted by molar-refractivity contribution is 0.117. The van der Waals surface area contributed by atoms with E-state index in [1.54, 1.807) is 7.11 Å². The molecule has 1 saturated heterocycles. The maximum absolute atomic E-state index is 12.5. The number of methoxy groups -OCH3 is 1. The number of allylic oxidation sites excluding steroid dienone is 1. The second kappa shape index (κ2) is 9.61. The Morgan fingerprint density at radius 1 is 1.37 bits per heavy atom. The largest absolute Gasteiger partial charge is 0.504 e. The molecule has 2 aliphatic heterocycles. The number of hydrogen-bond donors (Lipinski definition) is 1. The van der Waals surface area contributed by atoms with Gasteiger partial charge in [-0.25, -0.2) is 8.42 Å². The van der Waals surface area contributed by atoms with Crippen LogP contribution in [0.4, 0.5) is 0 Å². The summed E-state index contributed by atoms with van der Waals surface area (Å²) < 4.78 is 37.1. The van der Waals surface area contributed by atoms with Crippen LogP contribution in [0.3, 0.4) is 0 Å². The molecule has 0 aromatic heterocycles. The zero-order chi connectivity index (χ0) is 22.1. The van der Waals surface area contributed by atoms with E-state index < -0.39 is 15.1 Å². The second-order valence-electron chi connectivity index (χ2n) is 8.40. The summed E-state index contributed by atoms with van der Waals surface area (Å²) in [7, 11) is -1.57. The number of rotatable bonds is 8. The van der Waals surface area contributed by atoms with Crippen molar-refractivity contribution in [3.63, 3.8) is 0 Å². The first-order chi connectivity index (χ1) is 14.2. The van der Waals surface area contributed by atoms with E-state index in [-0.39, 0.29) is 23.5 Å². The predicted octanol–water partition coefficient (Wildman–Crippen LogP) is 5.12. The van der Waals surface area contributed by atoms with Crippen molar-refractivity contribution in [2.45, 2.75) is 57.8 Å². The highest BCUT2D eigenvalue weighted by molar-refractivity contribution is 14.1. The minimum Gasteiger partial charge on any atom is -0.504 e. The van der Waals surface area contributed by atoms with Gasteiger partial charge in [-0.15, -0.1) is 0 Å². The van der Waals surface area contributed by atoms with Gasteiger partial charge in [0.2, 0.25) is 0 Å². The van der Waals surface area contributed by atoms with Crippen molar-refractivity contribution < 1.29 is 23.0 Å². The van der Waals surface area contributed by atoms with Gasteiger partial charge in [0.15, 0.2) is 21.3 Å². The minimum absolute atomic E-state index is 0.112. The van der Waals surface area contributed by atoms with Crippen LogP contribution in [-0.2, 0) is 14.6 Å². The van der Waals surface area contributed by atoms with Crippen LogP contribution in [0.25, 0.3) is 6.08 Å². The molecule has 3 rings (SSSR count). The van der Waals surface area contributed by atoms with Gasteiger partial charge in [0.1, 0.15) is 5.25 Å². The first-order valence-corrected chi connectivity index (χ1v) is 13.3. The quantitative estimate of drug-likeness (QED) is 0.362. The predicted molar refractivity (Wildman–Crippen MR) is 129 cm³/mol. The highest BCUT2D eigenvalue weighted by Gasteiger charge is 2.47. The van der Waals surface area contributed by atoms with Gasteiger partial charge in [-0.2, -0.15) is 0 Å². The summed E-state index contributed by atoms with van der Waals surface area (Å²) in [6.07, 6.45) is 5.67. The third-order valence-electron chi connectivity index (χ3n) is 5.94. The highest BCUT2D eigenvalue weighted by atomic mass is 127. The van der Waals surface area contributed by atoms with Crippen molar-refractivity contribution in [1.82, 2.24) is 0 Å². The van der Waals surface area contributed by atoms with Gasteiger partial charge in [-0.3, -0.25) is 0 Å². The van der Waals surface area contributed by atoms with Crippen molar-refractivity contribution >= 4 is 38.5 Å². The number of hydrogen-bond acceptors (Lipinski definition) is 5. The minimum atomic E-state index is -3.12. The van der Waals surface area contributed by atoms with Gasteiger partial charge < -0.3 is 14.6 Å². The topological polar surface area (TPSA) is 72.8 Å². The fourth-order valence-corrected chi connectivity index (χ4v) is 7.15. The average Bonchev–Trinajstić information content (AvgIpc) is 3.22. The van der Waals surface area contributed by atoms with Crippen molar-refractivity contribution in [1.29, 1.82) is 0 Å². The summed E-state index contributed by atoms with van der Waals surface area (Å²) in [6, 6.07) is 3.79. The van der Waals surface area contributed by atoms with Crippen LogP contribution < -0.4 is 4.74 Å². The Morgan fingerprint density at radius 3 is 2.73 bits per heavy atom. The standard InChI is InChI=1S/C23H31IO5S/c1-5-6-15(9-16-10-18(24)23(25)20(11-16)28-4)7-8-19-22-17(14(2)3)13-30(26,27)21(22)12-29-19/h9-11,14,19,21,25H,5-8,12-13H2,1-4H3/b15-9+/t19-,21+/m1/s1. The van der Waals surface area contributed by atoms with Gasteiger partial charge in [-0.1, -0.05) is 38.8 Å². The summed E-state index contributed by atoms with van der Waals surface area (Å²) >= 11 is 2.11. The first-order valence-electron chi connectivity index (χ1n) is 10.5. The monoisotopic (exact) mass is 546 g/mol. The molecule has 30 heavy (non-hydrogen) atoms. The molecule has 166 valence electrons. The molecule has 0 radical (unpaired) electrons. The fraction of sp³-hybridized carbons (Fsp3) is 0.565. The van der Waals surface area contributed by atoms with Crippen LogP contribution in [-0.4, -0.2) is 44.3 Å². The van der Waals surface area contributed by atoms with Crippen LogP contribution in [0.15, 0.2) is 28.9 Å². The lowest BCUT2D eigenvalue weighted by atomic mass is 9.91. The van der Waals surface area contributed by atoms with E-state index in [1.807, 2.05) is 12.1 Å². The van der Waals surface area contributed by atoms with E-state index in [4.69, 9.17) is 9.47 Å². The molecule has 0 saturated carbocycles. The SMILES string of the molecule is CCC/C(=C\c1cc(I)c(O)c(OC)c1)CC[C@H]1OC[C@H]2C1=C(C(C)C)CS2(=O)=O. The van der Waals surface area contributed by atoms with Gasteiger partial charge >= 0.3 is 0 Å². The zero-order valence-corrected chi connectivity index (χ0v) is 21.0. The molecule has 1 fully saturated rings. The smallest absolute Gasteiger partial charge is 0.171 e. The molecule has 1 aromatic rings. The molecule has 2 heterocycles. The molecule has 0 unspecified atom stereocenters. The van der Waals surface area contributed by atoms with E-state index in [0.29, 0.717) is 12.4 Å². The fourth-order valence-electron chi connectivity index (χ4n) is 4.42. The summed E-state index contributed by atoms with van der Waals surface area (Å²) in [5.41, 5.74) is 4.37. The molecule has 0 spiro atoms. The molecular weight excluding hydrogens is 515 g/mol. The third-order valence-corrected chi connectivity index (χ3v) is 8.73. The molecule has 0 amide bonds. The van der Waals surface area contributed by atoms with E-state index in [9.17, 15) is 13.5 Å². The molecule has 2 atom stereocenters. The van der Waals surface area contributed by atoms with Crippen molar-refractivity contribution in [2.24, 2.45) is 5.92 Å². The number of sulfone groups is 1. The Labute approximate surface area is 193 Å². The molecule has 7 heteroatoms. The number of halogens is 1. The van der Waals surface area contributed by atoms with Crippen LogP contribution >= 0.6 is 22.6 Å². The average molecular weight is 546 g/mol. The Kier molecular flexibility index (Phi) is 7.56. The lowest BCUT2D eigenvalue weighted by Crippen LogP contribution is -2.19. The number of phenolic OH excluding ortho intramolecular Hbond substituents is 1. The number of aromatic hydroxyl groups is 1. The summed E-state index contributed by atoms with van der Waals surface area (Å²) in [5.74, 6) is 1.04. The van der Waals surface area contributed by atoms with Crippen molar-refractivity contribution in [3.05, 3.63) is 38.0 Å². The van der Waals surface area contributed by atoms with Gasteiger partial charge in [-0.05, 0) is 76.6 Å². The molecule has 1 aromatic carbocycles. The Morgan fingerprint density at radius 2 is 2.10 bits per heavy atom. The zero-order valence-electron chi connectivity index (χ0n) is 18.1. The van der Waals surface area contributed by atoms with Crippen LogP contribution in [0.2, 0.25) is 0 Å². The lowest BCUT2D eigenvalue weighted by Gasteiger charge is -2.17. The number of fused-ring (bicyclic) bond motifs is 1. The normalized spacial score (nSPS) is 23.3. The van der Waals surface area contributed by atoms with E-state index in [2.05, 4.69) is 49.4 Å². The number of phenols is 1. The third kappa shape index (κ3) is 4.88. The first kappa shape index (κ1) is 23.6. The summed E-state index contributed by atoms with van der Waals surface area (Å²) in [5, 5.41) is 9.64. The van der Waals surface area contributed by atoms with Crippen LogP contribution in [0.5, 0.6) is 11.5 Å². The molecule has 1 N–H and O–H groups in total. The molecule has 5 nitrogen and oxygen atoms in total.